The smallest absolute Gasteiger partial charge is 0.331 e. The van der Waals surface area contributed by atoms with E-state index in [4.69, 9.17) is 4.42 Å². The van der Waals surface area contributed by atoms with E-state index in [-0.39, 0.29) is 31.3 Å². The lowest BCUT2D eigenvalue weighted by Gasteiger charge is -2.15. The Hall–Kier alpha value is -4.40. The van der Waals surface area contributed by atoms with E-state index in [1.807, 2.05) is 32.0 Å². The minimum absolute atomic E-state index is 0.136. The molecule has 0 aliphatic carbocycles. The summed E-state index contributed by atoms with van der Waals surface area (Å²) in [5.74, 6) is 0.167. The van der Waals surface area contributed by atoms with Crippen molar-refractivity contribution in [3.63, 3.8) is 0 Å². The van der Waals surface area contributed by atoms with Crippen LogP contribution < -0.4 is 21.9 Å². The van der Waals surface area contributed by atoms with Gasteiger partial charge in [0.05, 0.1) is 23.7 Å². The summed E-state index contributed by atoms with van der Waals surface area (Å²) in [6.07, 6.45) is 2.75. The third kappa shape index (κ3) is 6.24. The normalized spacial score (nSPS) is 11.0. The lowest BCUT2D eigenvalue weighted by Crippen LogP contribution is -2.41. The van der Waals surface area contributed by atoms with Gasteiger partial charge >= 0.3 is 5.69 Å². The van der Waals surface area contributed by atoms with Gasteiger partial charge in [0.25, 0.3) is 5.56 Å². The van der Waals surface area contributed by atoms with Crippen molar-refractivity contribution >= 4 is 28.4 Å². The van der Waals surface area contributed by atoms with Crippen molar-refractivity contribution in [3.8, 4) is 0 Å². The lowest BCUT2D eigenvalue weighted by atomic mass is 10.1. The first-order valence-corrected chi connectivity index (χ1v) is 12.2. The van der Waals surface area contributed by atoms with Crippen LogP contribution in [0.25, 0.3) is 10.9 Å². The first-order valence-electron chi connectivity index (χ1n) is 12.2. The standard InChI is InChI=1S/C28H30N4O5/c1-19-12-13-20(2)23(16-19)30-26(34)18-32-24-10-4-3-9-22(24)27(35)31(28(32)36)14-6-5-11-25(33)29-17-21-8-7-15-37-21/h3-4,7-10,12-13,15-16H,5-6,11,14,17-18H2,1-2H3,(H,29,33)(H,30,34). The highest BCUT2D eigenvalue weighted by atomic mass is 16.3. The summed E-state index contributed by atoms with van der Waals surface area (Å²) in [5.41, 5.74) is 2.04. The van der Waals surface area contributed by atoms with Gasteiger partial charge in [-0.05, 0) is 68.1 Å². The molecule has 9 nitrogen and oxygen atoms in total. The number of furan rings is 1. The number of carbonyl (C=O) groups excluding carboxylic acids is 2. The van der Waals surface area contributed by atoms with Gasteiger partial charge in [-0.25, -0.2) is 4.79 Å². The van der Waals surface area contributed by atoms with Crippen LogP contribution in [0.2, 0.25) is 0 Å². The van der Waals surface area contributed by atoms with E-state index < -0.39 is 11.2 Å². The van der Waals surface area contributed by atoms with Crippen LogP contribution in [-0.4, -0.2) is 20.9 Å². The third-order valence-electron chi connectivity index (χ3n) is 6.18. The molecular formula is C28H30N4O5. The molecule has 2 amide bonds. The Morgan fingerprint density at radius 3 is 2.51 bits per heavy atom. The predicted octanol–water partition coefficient (Wildman–Crippen LogP) is 3.50. The van der Waals surface area contributed by atoms with Crippen LogP contribution in [-0.2, 0) is 29.2 Å². The quantitative estimate of drug-likeness (QED) is 0.322. The summed E-state index contributed by atoms with van der Waals surface area (Å²) in [6, 6.07) is 16.0. The van der Waals surface area contributed by atoms with E-state index >= 15 is 0 Å². The summed E-state index contributed by atoms with van der Waals surface area (Å²) in [4.78, 5) is 51.4. The monoisotopic (exact) mass is 502 g/mol. The topological polar surface area (TPSA) is 115 Å². The van der Waals surface area contributed by atoms with E-state index in [1.54, 1.807) is 42.7 Å². The highest BCUT2D eigenvalue weighted by Crippen LogP contribution is 2.16. The highest BCUT2D eigenvalue weighted by molar-refractivity contribution is 5.92. The molecule has 0 saturated heterocycles. The molecule has 192 valence electrons. The molecule has 0 unspecified atom stereocenters. The molecule has 2 aromatic carbocycles. The first kappa shape index (κ1) is 25.7. The molecule has 2 N–H and O–H groups in total. The molecule has 0 aliphatic heterocycles. The van der Waals surface area contributed by atoms with Crippen LogP contribution in [0.15, 0.2) is 74.9 Å². The number of anilines is 1. The molecule has 0 aliphatic rings. The molecule has 0 bridgehead atoms. The fourth-order valence-corrected chi connectivity index (χ4v) is 4.17. The van der Waals surface area contributed by atoms with Crippen molar-refractivity contribution in [3.05, 3.63) is 98.6 Å². The van der Waals surface area contributed by atoms with Crippen molar-refractivity contribution in [2.24, 2.45) is 0 Å². The molecule has 0 fully saturated rings. The predicted molar refractivity (Wildman–Crippen MR) is 141 cm³/mol. The van der Waals surface area contributed by atoms with Gasteiger partial charge in [-0.15, -0.1) is 0 Å². The van der Waals surface area contributed by atoms with Gasteiger partial charge in [0, 0.05) is 18.7 Å². The maximum Gasteiger partial charge on any atom is 0.331 e. The van der Waals surface area contributed by atoms with Gasteiger partial charge in [-0.1, -0.05) is 24.3 Å². The summed E-state index contributed by atoms with van der Waals surface area (Å²) in [6.45, 7) is 4.05. The number of fused-ring (bicyclic) bond motifs is 1. The minimum atomic E-state index is -0.554. The van der Waals surface area contributed by atoms with Crippen LogP contribution in [0.4, 0.5) is 5.69 Å². The number of nitrogens with zero attached hydrogens (tertiary/aromatic N) is 2. The van der Waals surface area contributed by atoms with Crippen molar-refractivity contribution in [1.82, 2.24) is 14.5 Å². The van der Waals surface area contributed by atoms with E-state index in [0.717, 1.165) is 15.7 Å². The molecule has 2 aromatic heterocycles. The zero-order chi connectivity index (χ0) is 26.4. The SMILES string of the molecule is Cc1ccc(C)c(NC(=O)Cn2c(=O)n(CCCCC(=O)NCc3ccco3)c(=O)c3ccccc32)c1. The Bertz CT molecular complexity index is 1530. The Morgan fingerprint density at radius 2 is 1.73 bits per heavy atom. The molecule has 37 heavy (non-hydrogen) atoms. The van der Waals surface area contributed by atoms with Crippen molar-refractivity contribution in [1.29, 1.82) is 0 Å². The second kappa shape index (κ2) is 11.6. The average Bonchev–Trinajstić information content (AvgIpc) is 3.41. The number of hydrogen-bond acceptors (Lipinski definition) is 5. The number of rotatable bonds is 10. The van der Waals surface area contributed by atoms with Crippen LogP contribution in [0.5, 0.6) is 0 Å². The molecule has 9 heteroatoms. The maximum atomic E-state index is 13.3. The number of aromatic nitrogens is 2. The van der Waals surface area contributed by atoms with E-state index in [1.165, 1.54) is 4.57 Å². The van der Waals surface area contributed by atoms with Crippen LogP contribution in [0.1, 0.15) is 36.1 Å². The van der Waals surface area contributed by atoms with Crippen LogP contribution in [0.3, 0.4) is 0 Å². The van der Waals surface area contributed by atoms with Crippen molar-refractivity contribution in [2.45, 2.75) is 52.7 Å². The highest BCUT2D eigenvalue weighted by Gasteiger charge is 2.16. The number of benzene rings is 2. The fourth-order valence-electron chi connectivity index (χ4n) is 4.17. The summed E-state index contributed by atoms with van der Waals surface area (Å²) in [5, 5.41) is 6.01. The molecule has 4 rings (SSSR count). The number of unbranched alkanes of at least 4 members (excludes halogenated alkanes) is 1. The zero-order valence-corrected chi connectivity index (χ0v) is 21.0. The van der Waals surface area contributed by atoms with E-state index in [0.29, 0.717) is 41.7 Å². The summed E-state index contributed by atoms with van der Waals surface area (Å²) < 4.78 is 7.67. The maximum absolute atomic E-state index is 13.3. The van der Waals surface area contributed by atoms with Gasteiger partial charge in [-0.3, -0.25) is 23.5 Å². The molecule has 0 saturated carbocycles. The molecular weight excluding hydrogens is 472 g/mol. The van der Waals surface area contributed by atoms with Gasteiger partial charge in [0.15, 0.2) is 0 Å². The number of para-hydroxylation sites is 1. The Morgan fingerprint density at radius 1 is 0.919 bits per heavy atom. The molecule has 0 atom stereocenters. The largest absolute Gasteiger partial charge is 0.467 e. The van der Waals surface area contributed by atoms with Crippen LogP contribution in [0, 0.1) is 13.8 Å². The molecule has 0 spiro atoms. The van der Waals surface area contributed by atoms with E-state index in [2.05, 4.69) is 10.6 Å². The summed E-state index contributed by atoms with van der Waals surface area (Å²) >= 11 is 0. The number of carbonyl (C=O) groups is 2. The van der Waals surface area contributed by atoms with Crippen molar-refractivity contribution in [2.75, 3.05) is 5.32 Å². The lowest BCUT2D eigenvalue weighted by molar-refractivity contribution is -0.121. The first-order chi connectivity index (χ1) is 17.8. The van der Waals surface area contributed by atoms with Gasteiger partial charge < -0.3 is 15.1 Å². The van der Waals surface area contributed by atoms with Gasteiger partial charge in [-0.2, -0.15) is 0 Å². The second-order valence-corrected chi connectivity index (χ2v) is 9.02. The molecule has 0 radical (unpaired) electrons. The van der Waals surface area contributed by atoms with Crippen molar-refractivity contribution < 1.29 is 14.0 Å². The fraction of sp³-hybridized carbons (Fsp3) is 0.286. The minimum Gasteiger partial charge on any atom is -0.467 e. The Balaban J connectivity index is 1.47. The molecule has 2 heterocycles. The number of aryl methyl sites for hydroxylation is 2. The molecule has 4 aromatic rings. The number of nitrogens with one attached hydrogen (secondary N) is 2. The third-order valence-corrected chi connectivity index (χ3v) is 6.18. The average molecular weight is 503 g/mol. The number of amides is 2. The second-order valence-electron chi connectivity index (χ2n) is 9.02. The summed E-state index contributed by atoms with van der Waals surface area (Å²) in [7, 11) is 0. The zero-order valence-electron chi connectivity index (χ0n) is 21.0. The Labute approximate surface area is 213 Å². The Kier molecular flexibility index (Phi) is 8.02. The number of hydrogen-bond donors (Lipinski definition) is 2. The van der Waals surface area contributed by atoms with Crippen LogP contribution >= 0.6 is 0 Å². The van der Waals surface area contributed by atoms with E-state index in [9.17, 15) is 19.2 Å². The van der Waals surface area contributed by atoms with Gasteiger partial charge in [0.2, 0.25) is 11.8 Å². The van der Waals surface area contributed by atoms with Gasteiger partial charge in [0.1, 0.15) is 12.3 Å².